The summed E-state index contributed by atoms with van der Waals surface area (Å²) in [5.41, 5.74) is 1.31. The van der Waals surface area contributed by atoms with Crippen molar-refractivity contribution in [2.75, 3.05) is 26.7 Å². The van der Waals surface area contributed by atoms with Crippen molar-refractivity contribution in [2.24, 2.45) is 5.92 Å². The van der Waals surface area contributed by atoms with Crippen molar-refractivity contribution in [1.29, 1.82) is 0 Å². The van der Waals surface area contributed by atoms with E-state index >= 15 is 0 Å². The molecule has 3 aliphatic rings. The van der Waals surface area contributed by atoms with Crippen LogP contribution in [0.3, 0.4) is 0 Å². The van der Waals surface area contributed by atoms with E-state index in [1.165, 1.54) is 38.0 Å². The van der Waals surface area contributed by atoms with Crippen LogP contribution in [0.5, 0.6) is 5.75 Å². The SMILES string of the molecule is COc1ccc(C(C)NC2CN3CCC2CC3)cc1Br. The number of ether oxygens (including phenoxy) is 1. The van der Waals surface area contributed by atoms with E-state index in [0.29, 0.717) is 12.1 Å². The Balaban J connectivity index is 1.67. The predicted molar refractivity (Wildman–Crippen MR) is 85.2 cm³/mol. The molecule has 3 heterocycles. The van der Waals surface area contributed by atoms with E-state index in [0.717, 1.165) is 16.1 Å². The molecule has 3 saturated heterocycles. The van der Waals surface area contributed by atoms with Crippen LogP contribution in [0.15, 0.2) is 22.7 Å². The molecule has 2 unspecified atom stereocenters. The quantitative estimate of drug-likeness (QED) is 0.912. The standard InChI is InChI=1S/C16H23BrN2O/c1-11(13-3-4-16(20-2)14(17)9-13)18-15-10-19-7-5-12(15)6-8-19/h3-4,9,11-12,15,18H,5-8,10H2,1-2H3. The first kappa shape index (κ1) is 14.4. The molecule has 3 nitrogen and oxygen atoms in total. The van der Waals surface area contributed by atoms with Gasteiger partial charge >= 0.3 is 0 Å². The second-order valence-corrected chi connectivity index (χ2v) is 6.88. The summed E-state index contributed by atoms with van der Waals surface area (Å²) in [4.78, 5) is 2.59. The minimum absolute atomic E-state index is 0.378. The van der Waals surface area contributed by atoms with Gasteiger partial charge in [-0.15, -0.1) is 0 Å². The number of nitrogens with zero attached hydrogens (tertiary/aromatic N) is 1. The molecule has 0 radical (unpaired) electrons. The zero-order valence-corrected chi connectivity index (χ0v) is 13.8. The average molecular weight is 339 g/mol. The predicted octanol–water partition coefficient (Wildman–Crippen LogP) is 3.20. The number of benzene rings is 1. The number of nitrogens with one attached hydrogen (secondary N) is 1. The van der Waals surface area contributed by atoms with Crippen molar-refractivity contribution in [1.82, 2.24) is 10.2 Å². The van der Waals surface area contributed by atoms with Gasteiger partial charge in [0.2, 0.25) is 0 Å². The number of methoxy groups -OCH3 is 1. The van der Waals surface area contributed by atoms with E-state index in [9.17, 15) is 0 Å². The van der Waals surface area contributed by atoms with Crippen LogP contribution >= 0.6 is 15.9 Å². The molecule has 1 aromatic rings. The van der Waals surface area contributed by atoms with Crippen LogP contribution in [0, 0.1) is 5.92 Å². The van der Waals surface area contributed by atoms with Crippen LogP contribution in [0.1, 0.15) is 31.4 Å². The average Bonchev–Trinajstić information content (AvgIpc) is 2.48. The van der Waals surface area contributed by atoms with Crippen LogP contribution in [0.2, 0.25) is 0 Å². The van der Waals surface area contributed by atoms with Crippen molar-refractivity contribution in [3.8, 4) is 5.75 Å². The van der Waals surface area contributed by atoms with E-state index in [2.05, 4.69) is 45.2 Å². The second-order valence-electron chi connectivity index (χ2n) is 6.03. The van der Waals surface area contributed by atoms with Crippen molar-refractivity contribution < 1.29 is 4.74 Å². The van der Waals surface area contributed by atoms with Crippen LogP contribution < -0.4 is 10.1 Å². The molecule has 0 aromatic heterocycles. The Morgan fingerprint density at radius 3 is 2.65 bits per heavy atom. The van der Waals surface area contributed by atoms with Crippen LogP contribution in [0.4, 0.5) is 0 Å². The molecule has 4 rings (SSSR count). The summed E-state index contributed by atoms with van der Waals surface area (Å²) in [7, 11) is 1.70. The van der Waals surface area contributed by atoms with Gasteiger partial charge in [-0.2, -0.15) is 0 Å². The van der Waals surface area contributed by atoms with Crippen LogP contribution in [-0.2, 0) is 0 Å². The molecule has 1 aromatic carbocycles. The van der Waals surface area contributed by atoms with E-state index in [4.69, 9.17) is 4.74 Å². The highest BCUT2D eigenvalue weighted by Gasteiger charge is 2.34. The molecule has 1 N–H and O–H groups in total. The number of fused-ring (bicyclic) bond motifs is 3. The van der Waals surface area contributed by atoms with Crippen LogP contribution in [-0.4, -0.2) is 37.7 Å². The fraction of sp³-hybridized carbons (Fsp3) is 0.625. The fourth-order valence-electron chi connectivity index (χ4n) is 3.52. The summed E-state index contributed by atoms with van der Waals surface area (Å²) in [6.07, 6.45) is 2.72. The van der Waals surface area contributed by atoms with Gasteiger partial charge in [-0.3, -0.25) is 0 Å². The number of rotatable bonds is 4. The summed E-state index contributed by atoms with van der Waals surface area (Å²) >= 11 is 3.57. The third kappa shape index (κ3) is 2.87. The summed E-state index contributed by atoms with van der Waals surface area (Å²) in [6.45, 7) is 6.06. The first-order valence-electron chi connectivity index (χ1n) is 7.49. The molecule has 3 aliphatic heterocycles. The molecule has 0 spiro atoms. The summed E-state index contributed by atoms with van der Waals surface area (Å²) < 4.78 is 6.32. The molecule has 0 saturated carbocycles. The molecule has 2 atom stereocenters. The van der Waals surface area contributed by atoms with Gasteiger partial charge < -0.3 is 15.0 Å². The number of hydrogen-bond donors (Lipinski definition) is 1. The van der Waals surface area contributed by atoms with Crippen LogP contribution in [0.25, 0.3) is 0 Å². The molecular formula is C16H23BrN2O. The van der Waals surface area contributed by atoms with Crippen molar-refractivity contribution >= 4 is 15.9 Å². The fourth-order valence-corrected chi connectivity index (χ4v) is 4.08. The first-order chi connectivity index (χ1) is 9.67. The highest BCUT2D eigenvalue weighted by atomic mass is 79.9. The van der Waals surface area contributed by atoms with Gasteiger partial charge in [-0.25, -0.2) is 0 Å². The van der Waals surface area contributed by atoms with Crippen molar-refractivity contribution in [3.05, 3.63) is 28.2 Å². The maximum Gasteiger partial charge on any atom is 0.133 e. The monoisotopic (exact) mass is 338 g/mol. The zero-order valence-electron chi connectivity index (χ0n) is 12.2. The Bertz CT molecular complexity index is 472. The van der Waals surface area contributed by atoms with Gasteiger partial charge in [0.15, 0.2) is 0 Å². The van der Waals surface area contributed by atoms with Gasteiger partial charge in [0.25, 0.3) is 0 Å². The second kappa shape index (κ2) is 6.04. The Morgan fingerprint density at radius 1 is 1.35 bits per heavy atom. The minimum Gasteiger partial charge on any atom is -0.496 e. The molecule has 2 bridgehead atoms. The molecule has 110 valence electrons. The Labute approximate surface area is 129 Å². The third-order valence-electron chi connectivity index (χ3n) is 4.80. The van der Waals surface area contributed by atoms with E-state index in [-0.39, 0.29) is 0 Å². The number of piperidine rings is 3. The zero-order chi connectivity index (χ0) is 14.1. The highest BCUT2D eigenvalue weighted by molar-refractivity contribution is 9.10. The lowest BCUT2D eigenvalue weighted by atomic mass is 9.83. The van der Waals surface area contributed by atoms with Crippen molar-refractivity contribution in [3.63, 3.8) is 0 Å². The van der Waals surface area contributed by atoms with Crippen molar-refractivity contribution in [2.45, 2.75) is 31.8 Å². The molecule has 4 heteroatoms. The summed E-state index contributed by atoms with van der Waals surface area (Å²) in [5, 5.41) is 3.83. The Hall–Kier alpha value is -0.580. The maximum absolute atomic E-state index is 5.30. The smallest absolute Gasteiger partial charge is 0.133 e. The Kier molecular flexibility index (Phi) is 4.34. The molecule has 3 fully saturated rings. The Morgan fingerprint density at radius 2 is 2.10 bits per heavy atom. The largest absolute Gasteiger partial charge is 0.496 e. The van der Waals surface area contributed by atoms with Gasteiger partial charge in [0.05, 0.1) is 11.6 Å². The lowest BCUT2D eigenvalue weighted by Gasteiger charge is -2.46. The van der Waals surface area contributed by atoms with E-state index in [1.54, 1.807) is 7.11 Å². The lowest BCUT2D eigenvalue weighted by molar-refractivity contribution is 0.0680. The van der Waals surface area contributed by atoms with Gasteiger partial charge in [0, 0.05) is 18.6 Å². The normalized spacial score (nSPS) is 30.2. The maximum atomic E-state index is 5.30. The number of hydrogen-bond acceptors (Lipinski definition) is 3. The molecule has 0 aliphatic carbocycles. The lowest BCUT2D eigenvalue weighted by Crippen LogP contribution is -2.56. The molecular weight excluding hydrogens is 316 g/mol. The van der Waals surface area contributed by atoms with Gasteiger partial charge in [-0.1, -0.05) is 6.07 Å². The van der Waals surface area contributed by atoms with E-state index in [1.807, 2.05) is 6.07 Å². The molecule has 20 heavy (non-hydrogen) atoms. The number of halogens is 1. The minimum atomic E-state index is 0.378. The molecule has 0 amide bonds. The third-order valence-corrected chi connectivity index (χ3v) is 5.42. The van der Waals surface area contributed by atoms with Gasteiger partial charge in [-0.05, 0) is 72.4 Å². The highest BCUT2D eigenvalue weighted by Crippen LogP contribution is 2.31. The summed E-state index contributed by atoms with van der Waals surface area (Å²) in [6, 6.07) is 7.38. The van der Waals surface area contributed by atoms with E-state index < -0.39 is 0 Å². The van der Waals surface area contributed by atoms with Gasteiger partial charge in [0.1, 0.15) is 5.75 Å². The first-order valence-corrected chi connectivity index (χ1v) is 8.28. The topological polar surface area (TPSA) is 24.5 Å². The summed E-state index contributed by atoms with van der Waals surface area (Å²) in [5.74, 6) is 1.76.